The van der Waals surface area contributed by atoms with Crippen LogP contribution < -0.4 is 0 Å². The van der Waals surface area contributed by atoms with Crippen molar-refractivity contribution < 1.29 is 687 Å². The Morgan fingerprint density at radius 1 is 0.273 bits per heavy atom. The number of rotatable bonds is 1. The van der Waals surface area contributed by atoms with Crippen LogP contribution in [0.3, 0.4) is 0 Å². The molecule has 21 radical (unpaired) electrons. The van der Waals surface area contributed by atoms with Gasteiger partial charge in [-0.15, -0.1) is 12.1 Å². The fourth-order valence-electron chi connectivity index (χ4n) is 1.12. The summed E-state index contributed by atoms with van der Waals surface area (Å²) in [6.45, 7) is 0. The molecule has 0 fully saturated rings. The average molecular weight is 2020 g/mol. The Morgan fingerprint density at radius 3 is 0.576 bits per heavy atom. The molecule has 0 unspecified atom stereocenters. The molecule has 0 amide bonds. The van der Waals surface area contributed by atoms with Crippen molar-refractivity contribution in [3.63, 3.8) is 0 Å². The maximum atomic E-state index is 3.15. The minimum Gasteiger partial charge on any atom is -0.226 e. The molecule has 2 aromatic carbocycles. The van der Waals surface area contributed by atoms with E-state index < -0.39 is 0 Å². The topological polar surface area (TPSA) is 0 Å². The molecule has 0 N–H and O–H groups in total. The Bertz CT molecular complexity index is 329. The molecule has 21 heteroatoms. The van der Waals surface area contributed by atoms with E-state index in [0.29, 0.717) is 0 Å². The van der Waals surface area contributed by atoms with Crippen molar-refractivity contribution in [3.8, 4) is 11.1 Å². The Labute approximate surface area is 732 Å². The first-order chi connectivity index (χ1) is 5.97. The monoisotopic (exact) mass is 2020 g/mol. The molecular weight excluding hydrogens is 2010 g/mol. The SMILES string of the molecule is [Y].[Y].[Y].[Y].[Y].[Y].[Y].[Y].[Y].[Y].[Y].[Y].[Y].[Y].[Y].[Y].[Y].[Y].[Y].[Y].[Y].[c-]1ccccc1-c1[c-]cccc1. The van der Waals surface area contributed by atoms with Crippen molar-refractivity contribution in [2.24, 2.45) is 0 Å². The summed E-state index contributed by atoms with van der Waals surface area (Å²) in [6.07, 6.45) is 0. The van der Waals surface area contributed by atoms with E-state index in [2.05, 4.69) is 12.1 Å². The van der Waals surface area contributed by atoms with Crippen LogP contribution in [0.1, 0.15) is 0 Å². The van der Waals surface area contributed by atoms with Gasteiger partial charge in [-0.3, -0.25) is 0 Å². The zero-order chi connectivity index (χ0) is 8.23. The summed E-state index contributed by atoms with van der Waals surface area (Å²) >= 11 is 0. The van der Waals surface area contributed by atoms with Gasteiger partial charge in [0.2, 0.25) is 0 Å². The predicted octanol–water partition coefficient (Wildman–Crippen LogP) is 2.90. The van der Waals surface area contributed by atoms with E-state index in [-0.39, 0.29) is 687 Å². The van der Waals surface area contributed by atoms with Gasteiger partial charge >= 0.3 is 0 Å². The van der Waals surface area contributed by atoms with E-state index in [9.17, 15) is 0 Å². The number of hydrogen-bond donors (Lipinski definition) is 0. The summed E-state index contributed by atoms with van der Waals surface area (Å²) in [4.78, 5) is 0. The van der Waals surface area contributed by atoms with Crippen molar-refractivity contribution >= 4 is 0 Å². The number of benzene rings is 2. The summed E-state index contributed by atoms with van der Waals surface area (Å²) in [6, 6.07) is 22.1. The van der Waals surface area contributed by atoms with Crippen molar-refractivity contribution in [2.45, 2.75) is 0 Å². The second-order valence-electron chi connectivity index (χ2n) is 2.55. The van der Waals surface area contributed by atoms with E-state index in [1.165, 1.54) is 0 Å². The van der Waals surface area contributed by atoms with Gasteiger partial charge < -0.3 is 0 Å². The van der Waals surface area contributed by atoms with Gasteiger partial charge in [-0.1, -0.05) is 0 Å². The van der Waals surface area contributed by atoms with Gasteiger partial charge in [0.15, 0.2) is 0 Å². The van der Waals surface area contributed by atoms with Crippen LogP contribution in [-0.2, 0) is 687 Å². The smallest absolute Gasteiger partial charge is 0 e. The van der Waals surface area contributed by atoms with Gasteiger partial charge in [-0.05, 0) is 0 Å². The summed E-state index contributed by atoms with van der Waals surface area (Å²) in [7, 11) is 0. The third kappa shape index (κ3) is 82.5. The van der Waals surface area contributed by atoms with Crippen LogP contribution in [0, 0.1) is 12.1 Å². The summed E-state index contributed by atoms with van der Waals surface area (Å²) in [5.41, 5.74) is 2.19. The van der Waals surface area contributed by atoms with Gasteiger partial charge in [0, 0.05) is 687 Å². The Hall–Kier alpha value is 21.6. The fourth-order valence-corrected chi connectivity index (χ4v) is 1.12. The van der Waals surface area contributed by atoms with Gasteiger partial charge in [-0.2, -0.15) is 48.5 Å². The summed E-state index contributed by atoms with van der Waals surface area (Å²) in [5, 5.41) is 0. The van der Waals surface area contributed by atoms with E-state index in [1.807, 2.05) is 48.5 Å². The third-order valence-corrected chi connectivity index (χ3v) is 1.71. The first kappa shape index (κ1) is 131. The average Bonchev–Trinajstić information content (AvgIpc) is 2.21. The molecule has 0 saturated carbocycles. The molecule has 2 rings (SSSR count). The van der Waals surface area contributed by atoms with Crippen LogP contribution in [-0.4, -0.2) is 0 Å². The molecule has 0 spiro atoms. The van der Waals surface area contributed by atoms with Crippen molar-refractivity contribution in [2.75, 3.05) is 0 Å². The fraction of sp³-hybridized carbons (Fsp3) is 0. The van der Waals surface area contributed by atoms with Crippen molar-refractivity contribution in [1.29, 1.82) is 0 Å². The Balaban J connectivity index is -0.00000000447. The second-order valence-corrected chi connectivity index (χ2v) is 2.55. The molecule has 0 nitrogen and oxygen atoms in total. The molecule has 0 aliphatic carbocycles. The second kappa shape index (κ2) is 105. The zero-order valence-electron chi connectivity index (χ0n) is 18.7. The maximum Gasteiger partial charge on any atom is 0 e. The van der Waals surface area contributed by atoms with Crippen molar-refractivity contribution in [1.82, 2.24) is 0 Å². The molecule has 0 aliphatic heterocycles. The standard InChI is InChI=1S/C12H8.21Y/c1-3-7-11(8-4-1)12-9-5-2-6-10-12;;;;;;;;;;;;;;;;;;;;;/h1-7,9H;;;;;;;;;;;;;;;;;;;;;/q-2;;;;;;;;;;;;;;;;;;;;;. The summed E-state index contributed by atoms with van der Waals surface area (Å²) in [5.74, 6) is 0. The molecule has 0 atom stereocenters. The maximum absolute atomic E-state index is 3.15. The molecule has 0 aromatic heterocycles. The van der Waals surface area contributed by atoms with E-state index in [0.717, 1.165) is 11.1 Å². The van der Waals surface area contributed by atoms with Gasteiger partial charge in [0.05, 0.1) is 0 Å². The van der Waals surface area contributed by atoms with Gasteiger partial charge in [-0.25, -0.2) is 11.1 Å². The van der Waals surface area contributed by atoms with Crippen molar-refractivity contribution in [3.05, 3.63) is 60.7 Å². The Kier molecular flexibility index (Phi) is 417. The third-order valence-electron chi connectivity index (χ3n) is 1.71. The molecule has 0 bridgehead atoms. The Morgan fingerprint density at radius 2 is 0.455 bits per heavy atom. The quantitative estimate of drug-likeness (QED) is 0.387. The molecule has 0 saturated heterocycles. The van der Waals surface area contributed by atoms with Crippen LogP contribution in [0.2, 0.25) is 0 Å². The molecule has 2 aromatic rings. The molecular formula is C12H8Y21-2. The first-order valence-corrected chi connectivity index (χ1v) is 3.90. The van der Waals surface area contributed by atoms with E-state index in [1.54, 1.807) is 0 Å². The normalized spacial score (nSPS) is 3.52. The zero-order valence-corrected chi connectivity index (χ0v) is 78.3. The largest absolute Gasteiger partial charge is 0.226 e. The van der Waals surface area contributed by atoms with Crippen LogP contribution in [0.15, 0.2) is 48.5 Å². The van der Waals surface area contributed by atoms with Gasteiger partial charge in [0.1, 0.15) is 0 Å². The first-order valence-electron chi connectivity index (χ1n) is 3.90. The van der Waals surface area contributed by atoms with Crippen LogP contribution >= 0.6 is 0 Å². The minimum atomic E-state index is 0. The molecule has 121 valence electrons. The van der Waals surface area contributed by atoms with Gasteiger partial charge in [0.25, 0.3) is 0 Å². The minimum absolute atomic E-state index is 0. The van der Waals surface area contributed by atoms with Crippen LogP contribution in [0.5, 0.6) is 0 Å². The summed E-state index contributed by atoms with van der Waals surface area (Å²) < 4.78 is 0. The van der Waals surface area contributed by atoms with Crippen LogP contribution in [0.25, 0.3) is 11.1 Å². The number of hydrogen-bond acceptors (Lipinski definition) is 0. The molecule has 0 aliphatic rings. The molecule has 33 heavy (non-hydrogen) atoms. The van der Waals surface area contributed by atoms with E-state index in [4.69, 9.17) is 0 Å². The van der Waals surface area contributed by atoms with E-state index >= 15 is 0 Å². The van der Waals surface area contributed by atoms with Crippen LogP contribution in [0.4, 0.5) is 0 Å². The molecule has 0 heterocycles. The predicted molar refractivity (Wildman–Crippen MR) is 49.6 cm³/mol.